The van der Waals surface area contributed by atoms with E-state index in [2.05, 4.69) is 4.72 Å². The molecule has 3 N–H and O–H groups in total. The molecule has 0 heterocycles. The average molecular weight is 483 g/mol. The van der Waals surface area contributed by atoms with Crippen molar-refractivity contribution in [3.63, 3.8) is 0 Å². The standard InChI is InChI=1S/C24H22N2O5S2/c1-26(2)20-11-5-10-17-16(20)9-6-12-22(17)33(30,31)25-19-13-21(32-14-23(27)28)24(29)18-8-4-3-7-15(18)19/h3-13,25,29H,14H2,1-2H3,(H,27,28). The van der Waals surface area contributed by atoms with E-state index in [-0.39, 0.29) is 27.0 Å². The third-order valence-electron chi connectivity index (χ3n) is 5.21. The van der Waals surface area contributed by atoms with Crippen LogP contribution < -0.4 is 9.62 Å². The van der Waals surface area contributed by atoms with E-state index >= 15 is 0 Å². The molecule has 0 aliphatic heterocycles. The van der Waals surface area contributed by atoms with Gasteiger partial charge in [0.1, 0.15) is 5.75 Å². The highest BCUT2D eigenvalue weighted by Gasteiger charge is 2.21. The topological polar surface area (TPSA) is 107 Å². The molecule has 0 amide bonds. The fourth-order valence-electron chi connectivity index (χ4n) is 3.76. The number of thioether (sulfide) groups is 1. The number of aliphatic carboxylic acids is 1. The molecular weight excluding hydrogens is 460 g/mol. The van der Waals surface area contributed by atoms with Gasteiger partial charge >= 0.3 is 5.97 Å². The lowest BCUT2D eigenvalue weighted by molar-refractivity contribution is -0.133. The number of nitrogens with one attached hydrogen (secondary N) is 1. The van der Waals surface area contributed by atoms with E-state index in [1.54, 1.807) is 42.5 Å². The summed E-state index contributed by atoms with van der Waals surface area (Å²) in [5.41, 5.74) is 1.16. The Morgan fingerprint density at radius 3 is 2.27 bits per heavy atom. The summed E-state index contributed by atoms with van der Waals surface area (Å²) in [7, 11) is -0.219. The van der Waals surface area contributed by atoms with E-state index in [0.29, 0.717) is 16.2 Å². The first-order valence-corrected chi connectivity index (χ1v) is 12.5. The molecule has 0 unspecified atom stereocenters. The molecule has 170 valence electrons. The summed E-state index contributed by atoms with van der Waals surface area (Å²) in [5.74, 6) is -1.39. The maximum atomic E-state index is 13.5. The Hall–Kier alpha value is -3.43. The second kappa shape index (κ2) is 8.84. The van der Waals surface area contributed by atoms with E-state index in [0.717, 1.165) is 22.8 Å². The van der Waals surface area contributed by atoms with Crippen molar-refractivity contribution in [1.29, 1.82) is 0 Å². The van der Waals surface area contributed by atoms with E-state index in [4.69, 9.17) is 5.11 Å². The molecule has 0 aliphatic carbocycles. The zero-order valence-electron chi connectivity index (χ0n) is 17.9. The molecule has 0 fully saturated rings. The number of hydrogen-bond donors (Lipinski definition) is 3. The van der Waals surface area contributed by atoms with Crippen LogP contribution in [-0.4, -0.2) is 44.4 Å². The number of rotatable bonds is 7. The molecule has 9 heteroatoms. The minimum absolute atomic E-state index is 0.0828. The van der Waals surface area contributed by atoms with Crippen LogP contribution in [0.2, 0.25) is 0 Å². The van der Waals surface area contributed by atoms with Crippen molar-refractivity contribution in [3.05, 3.63) is 66.7 Å². The summed E-state index contributed by atoms with van der Waals surface area (Å²) in [6.07, 6.45) is 0. The Bertz CT molecular complexity index is 1480. The summed E-state index contributed by atoms with van der Waals surface area (Å²) >= 11 is 0.924. The van der Waals surface area contributed by atoms with Gasteiger partial charge in [-0.05, 0) is 18.2 Å². The zero-order chi connectivity index (χ0) is 23.8. The highest BCUT2D eigenvalue weighted by Crippen LogP contribution is 2.41. The van der Waals surface area contributed by atoms with Gasteiger partial charge in [-0.1, -0.05) is 48.5 Å². The van der Waals surface area contributed by atoms with Crippen LogP contribution in [0, 0.1) is 0 Å². The number of fused-ring (bicyclic) bond motifs is 2. The van der Waals surface area contributed by atoms with Crippen molar-refractivity contribution in [1.82, 2.24) is 0 Å². The third-order valence-corrected chi connectivity index (χ3v) is 7.64. The lowest BCUT2D eigenvalue weighted by Crippen LogP contribution is -2.14. The van der Waals surface area contributed by atoms with E-state index < -0.39 is 16.0 Å². The Balaban J connectivity index is 1.85. The van der Waals surface area contributed by atoms with Crippen LogP contribution in [-0.2, 0) is 14.8 Å². The molecule has 0 bridgehead atoms. The van der Waals surface area contributed by atoms with Gasteiger partial charge < -0.3 is 15.1 Å². The molecule has 0 radical (unpaired) electrons. The van der Waals surface area contributed by atoms with Crippen LogP contribution in [0.1, 0.15) is 0 Å². The van der Waals surface area contributed by atoms with Crippen LogP contribution in [0.25, 0.3) is 21.5 Å². The minimum Gasteiger partial charge on any atom is -0.506 e. The molecule has 4 rings (SSSR count). The lowest BCUT2D eigenvalue weighted by atomic mass is 10.1. The fraction of sp³-hybridized carbons (Fsp3) is 0.125. The van der Waals surface area contributed by atoms with Gasteiger partial charge in [-0.3, -0.25) is 9.52 Å². The number of phenols is 1. The fourth-order valence-corrected chi connectivity index (χ4v) is 5.78. The predicted molar refractivity (Wildman–Crippen MR) is 133 cm³/mol. The first-order valence-electron chi connectivity index (χ1n) is 10.0. The van der Waals surface area contributed by atoms with Crippen molar-refractivity contribution in [3.8, 4) is 5.75 Å². The number of carbonyl (C=O) groups is 1. The van der Waals surface area contributed by atoms with E-state index in [9.17, 15) is 18.3 Å². The maximum Gasteiger partial charge on any atom is 0.313 e. The van der Waals surface area contributed by atoms with Crippen molar-refractivity contribution in [2.45, 2.75) is 9.79 Å². The second-order valence-electron chi connectivity index (χ2n) is 7.63. The van der Waals surface area contributed by atoms with Gasteiger partial charge in [-0.15, -0.1) is 11.8 Å². The van der Waals surface area contributed by atoms with Crippen LogP contribution in [0.4, 0.5) is 11.4 Å². The number of benzene rings is 4. The average Bonchev–Trinajstić information content (AvgIpc) is 2.79. The van der Waals surface area contributed by atoms with Gasteiger partial charge in [0.2, 0.25) is 0 Å². The molecule has 0 atom stereocenters. The summed E-state index contributed by atoms with van der Waals surface area (Å²) in [6.45, 7) is 0. The summed E-state index contributed by atoms with van der Waals surface area (Å²) < 4.78 is 29.7. The highest BCUT2D eigenvalue weighted by molar-refractivity contribution is 8.00. The van der Waals surface area contributed by atoms with Gasteiger partial charge in [0.25, 0.3) is 10.0 Å². The van der Waals surface area contributed by atoms with Crippen molar-refractivity contribution < 1.29 is 23.4 Å². The van der Waals surface area contributed by atoms with Crippen LogP contribution >= 0.6 is 11.8 Å². The summed E-state index contributed by atoms with van der Waals surface area (Å²) in [4.78, 5) is 13.4. The number of nitrogens with zero attached hydrogens (tertiary/aromatic N) is 1. The van der Waals surface area contributed by atoms with Gasteiger partial charge in [0, 0.05) is 41.3 Å². The minimum atomic E-state index is -4.01. The largest absolute Gasteiger partial charge is 0.506 e. The van der Waals surface area contributed by atoms with Crippen LogP contribution in [0.3, 0.4) is 0 Å². The molecule has 4 aromatic carbocycles. The molecule has 0 spiro atoms. The summed E-state index contributed by atoms with van der Waals surface area (Å²) in [6, 6.07) is 18.9. The van der Waals surface area contributed by atoms with Gasteiger partial charge in [0.15, 0.2) is 0 Å². The SMILES string of the molecule is CN(C)c1cccc2c(S(=O)(=O)Nc3cc(SCC(=O)O)c(O)c4ccccc34)cccc12. The smallest absolute Gasteiger partial charge is 0.313 e. The number of phenolic OH excluding ortho intramolecular Hbond substituents is 1. The molecule has 33 heavy (non-hydrogen) atoms. The highest BCUT2D eigenvalue weighted by atomic mass is 32.2. The lowest BCUT2D eigenvalue weighted by Gasteiger charge is -2.18. The van der Waals surface area contributed by atoms with Crippen LogP contribution in [0.5, 0.6) is 5.75 Å². The van der Waals surface area contributed by atoms with Crippen LogP contribution in [0.15, 0.2) is 76.5 Å². The molecule has 0 aliphatic rings. The van der Waals surface area contributed by atoms with Crippen molar-refractivity contribution >= 4 is 60.7 Å². The first kappa shape index (κ1) is 22.8. The quantitative estimate of drug-likeness (QED) is 0.258. The number of hydrogen-bond acceptors (Lipinski definition) is 6. The maximum absolute atomic E-state index is 13.5. The monoisotopic (exact) mass is 482 g/mol. The van der Waals surface area contributed by atoms with Gasteiger partial charge in [-0.2, -0.15) is 0 Å². The first-order chi connectivity index (χ1) is 15.7. The molecule has 4 aromatic rings. The molecular formula is C24H22N2O5S2. The zero-order valence-corrected chi connectivity index (χ0v) is 19.6. The Labute approximate surface area is 195 Å². The number of anilines is 2. The summed E-state index contributed by atoms with van der Waals surface area (Å²) in [5, 5.41) is 22.0. The molecule has 0 saturated carbocycles. The third kappa shape index (κ3) is 4.42. The van der Waals surface area contributed by atoms with Crippen molar-refractivity contribution in [2.24, 2.45) is 0 Å². The molecule has 7 nitrogen and oxygen atoms in total. The number of carboxylic acids is 1. The predicted octanol–water partition coefficient (Wildman–Crippen LogP) is 4.74. The Kier molecular flexibility index (Phi) is 6.09. The van der Waals surface area contributed by atoms with Gasteiger partial charge in [0.05, 0.1) is 21.2 Å². The second-order valence-corrected chi connectivity index (χ2v) is 10.3. The molecule has 0 aromatic heterocycles. The van der Waals surface area contributed by atoms with E-state index in [1.165, 1.54) is 6.07 Å². The van der Waals surface area contributed by atoms with E-state index in [1.807, 2.05) is 37.2 Å². The Morgan fingerprint density at radius 2 is 1.58 bits per heavy atom. The Morgan fingerprint density at radius 1 is 0.939 bits per heavy atom. The van der Waals surface area contributed by atoms with Crippen molar-refractivity contribution in [2.75, 3.05) is 29.5 Å². The number of sulfonamides is 1. The molecule has 0 saturated heterocycles. The van der Waals surface area contributed by atoms with Gasteiger partial charge in [-0.25, -0.2) is 8.42 Å². The number of aromatic hydroxyl groups is 1. The normalized spacial score (nSPS) is 11.6. The number of carboxylic acid groups (broad SMARTS) is 1.